The number of alkyl halides is 3. The molecule has 2 heterocycles. The maximum absolute atomic E-state index is 13.7. The number of carbonyl (C=O) groups is 1. The minimum atomic E-state index is -4.79. The van der Waals surface area contributed by atoms with E-state index in [9.17, 15) is 18.0 Å². The zero-order chi connectivity index (χ0) is 19.2. The highest BCUT2D eigenvalue weighted by atomic mass is 35.5. The molecular weight excluding hydrogens is 398 g/mol. The number of hydroxylamine groups is 1. The van der Waals surface area contributed by atoms with Crippen LogP contribution in [-0.4, -0.2) is 27.0 Å². The zero-order valence-electron chi connectivity index (χ0n) is 12.9. The second-order valence-corrected chi connectivity index (χ2v) is 6.31. The molecule has 6 nitrogen and oxygen atoms in total. The Morgan fingerprint density at radius 2 is 1.92 bits per heavy atom. The van der Waals surface area contributed by atoms with E-state index in [1.54, 1.807) is 0 Å². The topological polar surface area (TPSA) is 76.4 Å². The summed E-state index contributed by atoms with van der Waals surface area (Å²) < 4.78 is 41.9. The van der Waals surface area contributed by atoms with Crippen molar-refractivity contribution >= 4 is 35.0 Å². The lowest BCUT2D eigenvalue weighted by Crippen LogP contribution is -2.19. The Hall–Kier alpha value is -2.23. The molecule has 0 amide bonds. The lowest BCUT2D eigenvalue weighted by Gasteiger charge is -2.16. The first-order valence-electron chi connectivity index (χ1n) is 7.07. The first-order chi connectivity index (χ1) is 12.1. The Labute approximate surface area is 154 Å². The first kappa shape index (κ1) is 18.6. The Morgan fingerprint density at radius 3 is 2.42 bits per heavy atom. The number of nitrogens with zero attached hydrogens (tertiary/aromatic N) is 2. The minimum Gasteiger partial charge on any atom is -0.478 e. The molecule has 0 saturated carbocycles. The van der Waals surface area contributed by atoms with E-state index in [0.717, 1.165) is 10.9 Å². The molecule has 3 rings (SSSR count). The van der Waals surface area contributed by atoms with Crippen LogP contribution in [0, 0.1) is 6.92 Å². The molecule has 1 atom stereocenters. The number of carboxylic acid groups (broad SMARTS) is 1. The molecule has 1 aliphatic rings. The summed E-state index contributed by atoms with van der Waals surface area (Å²) in [4.78, 5) is 16.2. The lowest BCUT2D eigenvalue weighted by molar-refractivity contribution is -0.107. The van der Waals surface area contributed by atoms with Crippen LogP contribution in [0.5, 0.6) is 0 Å². The van der Waals surface area contributed by atoms with Crippen molar-refractivity contribution in [3.8, 4) is 0 Å². The maximum Gasteiger partial charge on any atom is 0.419 e. The first-order valence-corrected chi connectivity index (χ1v) is 7.82. The van der Waals surface area contributed by atoms with Gasteiger partial charge in [-0.2, -0.15) is 18.3 Å². The van der Waals surface area contributed by atoms with Crippen molar-refractivity contribution in [2.75, 3.05) is 0 Å². The standard InChI is InChI=1S/C15H10Cl2F3N3O3/c1-6-10(14(24)25)5-23(21-6)13-11(15(18,19)20)12(26-22-13)7-2-8(16)4-9(17)3-7/h2-5,12,22H,1H3,(H,24,25). The molecule has 1 aromatic carbocycles. The fraction of sp³-hybridized carbons (Fsp3) is 0.200. The van der Waals surface area contributed by atoms with E-state index >= 15 is 0 Å². The second-order valence-electron chi connectivity index (χ2n) is 5.44. The van der Waals surface area contributed by atoms with Gasteiger partial charge in [-0.25, -0.2) is 15.0 Å². The summed E-state index contributed by atoms with van der Waals surface area (Å²) in [7, 11) is 0. The third kappa shape index (κ3) is 3.37. The SMILES string of the molecule is Cc1nn(C2=C(C(F)(F)F)C(c3cc(Cl)cc(Cl)c3)ON2)cc1C(=O)O. The van der Waals surface area contributed by atoms with Gasteiger partial charge in [-0.15, -0.1) is 0 Å². The van der Waals surface area contributed by atoms with E-state index in [2.05, 4.69) is 10.6 Å². The predicted molar refractivity (Wildman–Crippen MR) is 86.6 cm³/mol. The molecular formula is C15H10Cl2F3N3O3. The zero-order valence-corrected chi connectivity index (χ0v) is 14.4. The quantitative estimate of drug-likeness (QED) is 0.796. The molecule has 1 aromatic heterocycles. The number of aromatic nitrogens is 2. The number of carboxylic acids is 1. The highest BCUT2D eigenvalue weighted by molar-refractivity contribution is 6.34. The van der Waals surface area contributed by atoms with Gasteiger partial charge in [-0.05, 0) is 30.7 Å². The molecule has 0 radical (unpaired) electrons. The largest absolute Gasteiger partial charge is 0.478 e. The molecule has 0 aliphatic carbocycles. The normalized spacial score (nSPS) is 17.5. The van der Waals surface area contributed by atoms with E-state index in [4.69, 9.17) is 33.1 Å². The molecule has 11 heteroatoms. The summed E-state index contributed by atoms with van der Waals surface area (Å²) in [6.07, 6.45) is -5.37. The molecule has 1 unspecified atom stereocenters. The van der Waals surface area contributed by atoms with Crippen molar-refractivity contribution in [3.63, 3.8) is 0 Å². The van der Waals surface area contributed by atoms with Crippen LogP contribution in [0.4, 0.5) is 13.2 Å². The van der Waals surface area contributed by atoms with Crippen molar-refractivity contribution < 1.29 is 27.9 Å². The van der Waals surface area contributed by atoms with Gasteiger partial charge in [0.25, 0.3) is 0 Å². The lowest BCUT2D eigenvalue weighted by atomic mass is 10.0. The van der Waals surface area contributed by atoms with Crippen LogP contribution in [0.1, 0.15) is 27.7 Å². The van der Waals surface area contributed by atoms with Crippen molar-refractivity contribution in [2.45, 2.75) is 19.2 Å². The fourth-order valence-electron chi connectivity index (χ4n) is 2.55. The molecule has 0 saturated heterocycles. The molecule has 0 fully saturated rings. The number of benzene rings is 1. The van der Waals surface area contributed by atoms with Crippen molar-refractivity contribution in [1.82, 2.24) is 15.3 Å². The van der Waals surface area contributed by atoms with Crippen LogP contribution in [0.15, 0.2) is 30.0 Å². The highest BCUT2D eigenvalue weighted by Crippen LogP contribution is 2.44. The number of aromatic carboxylic acids is 1. The van der Waals surface area contributed by atoms with Crippen LogP contribution < -0.4 is 5.48 Å². The van der Waals surface area contributed by atoms with E-state index in [-0.39, 0.29) is 26.9 Å². The van der Waals surface area contributed by atoms with Crippen LogP contribution in [0.3, 0.4) is 0 Å². The number of aryl methyl sites for hydroxylation is 1. The summed E-state index contributed by atoms with van der Waals surface area (Å²) in [6.45, 7) is 1.37. The molecule has 26 heavy (non-hydrogen) atoms. The smallest absolute Gasteiger partial charge is 0.419 e. The van der Waals surface area contributed by atoms with Crippen LogP contribution in [0.2, 0.25) is 10.0 Å². The summed E-state index contributed by atoms with van der Waals surface area (Å²) in [6, 6.07) is 3.97. The molecule has 0 spiro atoms. The van der Waals surface area contributed by atoms with E-state index < -0.39 is 29.6 Å². The van der Waals surface area contributed by atoms with Gasteiger partial charge >= 0.3 is 12.1 Å². The monoisotopic (exact) mass is 407 g/mol. The van der Waals surface area contributed by atoms with E-state index in [1.807, 2.05) is 0 Å². The third-order valence-electron chi connectivity index (χ3n) is 3.64. The van der Waals surface area contributed by atoms with Gasteiger partial charge in [0.15, 0.2) is 5.82 Å². The third-order valence-corrected chi connectivity index (χ3v) is 4.08. The van der Waals surface area contributed by atoms with E-state index in [1.165, 1.54) is 25.1 Å². The highest BCUT2D eigenvalue weighted by Gasteiger charge is 2.47. The van der Waals surface area contributed by atoms with E-state index in [0.29, 0.717) is 0 Å². The van der Waals surface area contributed by atoms with Gasteiger partial charge in [0.1, 0.15) is 17.2 Å². The molecule has 2 N–H and O–H groups in total. The van der Waals surface area contributed by atoms with Crippen molar-refractivity contribution in [3.05, 3.63) is 56.8 Å². The van der Waals surface area contributed by atoms with Gasteiger partial charge in [0.05, 0.1) is 5.69 Å². The summed E-state index contributed by atoms with van der Waals surface area (Å²) in [5.41, 5.74) is 1.00. The van der Waals surface area contributed by atoms with Gasteiger partial charge < -0.3 is 5.11 Å². The van der Waals surface area contributed by atoms with Crippen LogP contribution >= 0.6 is 23.2 Å². The summed E-state index contributed by atoms with van der Waals surface area (Å²) in [5.74, 6) is -1.84. The summed E-state index contributed by atoms with van der Waals surface area (Å²) in [5, 5.41) is 13.2. The van der Waals surface area contributed by atoms with Crippen LogP contribution in [0.25, 0.3) is 5.82 Å². The average molecular weight is 408 g/mol. The number of rotatable bonds is 3. The van der Waals surface area contributed by atoms with Crippen molar-refractivity contribution in [2.24, 2.45) is 0 Å². The average Bonchev–Trinajstić information content (AvgIpc) is 3.08. The minimum absolute atomic E-state index is 0.0579. The Balaban J connectivity index is 2.15. The predicted octanol–water partition coefficient (Wildman–Crippen LogP) is 4.20. The van der Waals surface area contributed by atoms with Gasteiger partial charge in [0.2, 0.25) is 0 Å². The fourth-order valence-corrected chi connectivity index (χ4v) is 3.09. The Bertz CT molecular complexity index is 904. The second kappa shape index (κ2) is 6.49. The molecule has 2 aromatic rings. The van der Waals surface area contributed by atoms with Crippen molar-refractivity contribution in [1.29, 1.82) is 0 Å². The van der Waals surface area contributed by atoms with Gasteiger partial charge in [-0.3, -0.25) is 4.84 Å². The number of nitrogens with one attached hydrogen (secondary N) is 1. The van der Waals surface area contributed by atoms with Gasteiger partial charge in [-0.1, -0.05) is 23.2 Å². The Morgan fingerprint density at radius 1 is 1.31 bits per heavy atom. The van der Waals surface area contributed by atoms with Gasteiger partial charge in [0, 0.05) is 16.2 Å². The van der Waals surface area contributed by atoms with Crippen LogP contribution in [-0.2, 0) is 4.84 Å². The Kier molecular flexibility index (Phi) is 4.63. The molecule has 138 valence electrons. The molecule has 1 aliphatic heterocycles. The summed E-state index contributed by atoms with van der Waals surface area (Å²) >= 11 is 11.7. The number of halogens is 5. The number of hydrogen-bond acceptors (Lipinski definition) is 4. The maximum atomic E-state index is 13.7. The molecule has 0 bridgehead atoms. The number of hydrogen-bond donors (Lipinski definition) is 2.